The van der Waals surface area contributed by atoms with Crippen molar-refractivity contribution in [3.05, 3.63) is 82.4 Å². The molecule has 0 aromatic heterocycles. The first-order valence-electron chi connectivity index (χ1n) is 14.2. The van der Waals surface area contributed by atoms with Crippen molar-refractivity contribution in [1.29, 1.82) is 0 Å². The van der Waals surface area contributed by atoms with E-state index >= 15 is 0 Å². The van der Waals surface area contributed by atoms with E-state index in [9.17, 15) is 22.0 Å². The standard InChI is InChI=1S/C31H34Cl2F2N2O7S/c1-3-24(32)23(25(33)4-2)16-27(20-7-12-26(44-31(34)35)28(15-20)42-18-19-5-6-19)43-30(38)29-17-37(13-14-41-29)45(39,40)22-10-8-21(36)9-11-22/h3-4,7-12,15,19,27,29,31H,1,5-6,13-14,16-18,36H2,2H3/b24-23+,25-4+/t27-,29?/m0/s1. The molecule has 1 aliphatic carbocycles. The zero-order chi connectivity index (χ0) is 32.7. The van der Waals surface area contributed by atoms with E-state index in [4.69, 9.17) is 43.1 Å². The number of hydrogen-bond acceptors (Lipinski definition) is 8. The Morgan fingerprint density at radius 2 is 1.89 bits per heavy atom. The maximum absolute atomic E-state index is 13.6. The second-order valence-corrected chi connectivity index (χ2v) is 13.2. The fourth-order valence-corrected chi connectivity index (χ4v) is 6.37. The Kier molecular flexibility index (Phi) is 11.9. The number of halogens is 4. The highest BCUT2D eigenvalue weighted by Crippen LogP contribution is 2.39. The lowest BCUT2D eigenvalue weighted by atomic mass is 9.99. The van der Waals surface area contributed by atoms with Crippen molar-refractivity contribution >= 4 is 44.9 Å². The van der Waals surface area contributed by atoms with E-state index in [1.807, 2.05) is 0 Å². The number of nitrogen functional groups attached to an aromatic ring is 1. The van der Waals surface area contributed by atoms with Gasteiger partial charge in [0.2, 0.25) is 10.0 Å². The lowest BCUT2D eigenvalue weighted by Gasteiger charge is -2.32. The Morgan fingerprint density at radius 3 is 2.51 bits per heavy atom. The van der Waals surface area contributed by atoms with Crippen LogP contribution in [-0.4, -0.2) is 57.7 Å². The lowest BCUT2D eigenvalue weighted by molar-refractivity contribution is -0.166. The molecule has 1 unspecified atom stereocenters. The summed E-state index contributed by atoms with van der Waals surface area (Å²) in [4.78, 5) is 13.6. The minimum Gasteiger partial charge on any atom is -0.489 e. The van der Waals surface area contributed by atoms with Crippen molar-refractivity contribution in [2.24, 2.45) is 5.92 Å². The summed E-state index contributed by atoms with van der Waals surface area (Å²) in [5, 5.41) is 0.482. The van der Waals surface area contributed by atoms with Gasteiger partial charge in [0.15, 0.2) is 17.6 Å². The van der Waals surface area contributed by atoms with Crippen LogP contribution < -0.4 is 15.2 Å². The van der Waals surface area contributed by atoms with Gasteiger partial charge in [0, 0.05) is 28.7 Å². The molecule has 45 heavy (non-hydrogen) atoms. The molecule has 1 saturated heterocycles. The van der Waals surface area contributed by atoms with Gasteiger partial charge in [-0.05, 0) is 73.2 Å². The number of esters is 1. The van der Waals surface area contributed by atoms with Crippen LogP contribution in [0.25, 0.3) is 0 Å². The largest absolute Gasteiger partial charge is 0.489 e. The Labute approximate surface area is 271 Å². The van der Waals surface area contributed by atoms with E-state index in [0.717, 1.165) is 17.1 Å². The Bertz CT molecular complexity index is 1550. The topological polar surface area (TPSA) is 117 Å². The molecular formula is C31H34Cl2F2N2O7S. The van der Waals surface area contributed by atoms with Crippen molar-refractivity contribution < 1.29 is 40.9 Å². The van der Waals surface area contributed by atoms with Crippen LogP contribution in [0.3, 0.4) is 0 Å². The smallest absolute Gasteiger partial charge is 0.387 e. The van der Waals surface area contributed by atoms with Gasteiger partial charge in [-0.25, -0.2) is 13.2 Å². The van der Waals surface area contributed by atoms with Crippen molar-refractivity contribution in [2.75, 3.05) is 32.0 Å². The van der Waals surface area contributed by atoms with Crippen LogP contribution >= 0.6 is 23.2 Å². The van der Waals surface area contributed by atoms with Crippen LogP contribution in [0.5, 0.6) is 11.5 Å². The molecule has 4 rings (SSSR count). The number of carbonyl (C=O) groups excluding carboxylic acids is 1. The van der Waals surface area contributed by atoms with Crippen molar-refractivity contribution in [3.63, 3.8) is 0 Å². The molecule has 2 aromatic carbocycles. The van der Waals surface area contributed by atoms with Gasteiger partial charge in [-0.1, -0.05) is 48.0 Å². The van der Waals surface area contributed by atoms with Crippen LogP contribution in [0, 0.1) is 5.92 Å². The van der Waals surface area contributed by atoms with Gasteiger partial charge >= 0.3 is 12.6 Å². The Hall–Kier alpha value is -3.16. The molecule has 1 aliphatic heterocycles. The summed E-state index contributed by atoms with van der Waals surface area (Å²) in [6, 6.07) is 9.94. The highest BCUT2D eigenvalue weighted by Gasteiger charge is 2.36. The molecule has 0 radical (unpaired) electrons. The molecule has 2 N–H and O–H groups in total. The van der Waals surface area contributed by atoms with Crippen LogP contribution in [0.1, 0.15) is 37.9 Å². The Morgan fingerprint density at radius 1 is 1.18 bits per heavy atom. The van der Waals surface area contributed by atoms with E-state index in [-0.39, 0.29) is 52.6 Å². The van der Waals surface area contributed by atoms with Gasteiger partial charge in [-0.3, -0.25) is 0 Å². The second kappa shape index (κ2) is 15.4. The number of sulfonamides is 1. The van der Waals surface area contributed by atoms with Gasteiger partial charge in [0.05, 0.1) is 24.7 Å². The zero-order valence-corrected chi connectivity index (χ0v) is 26.8. The molecule has 244 valence electrons. The monoisotopic (exact) mass is 686 g/mol. The van der Waals surface area contributed by atoms with Gasteiger partial charge in [0.25, 0.3) is 0 Å². The number of carbonyl (C=O) groups is 1. The van der Waals surface area contributed by atoms with E-state index in [1.165, 1.54) is 48.5 Å². The first kappa shape index (κ1) is 34.7. The van der Waals surface area contributed by atoms with Crippen molar-refractivity contribution in [1.82, 2.24) is 4.31 Å². The second-order valence-electron chi connectivity index (χ2n) is 10.4. The minimum absolute atomic E-state index is 0.0169. The summed E-state index contributed by atoms with van der Waals surface area (Å²) in [5.41, 5.74) is 6.87. The number of anilines is 1. The van der Waals surface area contributed by atoms with Gasteiger partial charge < -0.3 is 24.7 Å². The number of rotatable bonds is 14. The number of nitrogens with two attached hydrogens (primary N) is 1. The summed E-state index contributed by atoms with van der Waals surface area (Å²) < 4.78 is 76.1. The van der Waals surface area contributed by atoms with Gasteiger partial charge in [-0.2, -0.15) is 13.1 Å². The Balaban J connectivity index is 1.63. The average molecular weight is 688 g/mol. The quantitative estimate of drug-likeness (QED) is 0.135. The number of morpholine rings is 1. The summed E-state index contributed by atoms with van der Waals surface area (Å²) in [7, 11) is -3.97. The molecule has 0 amide bonds. The number of allylic oxidation sites excluding steroid dienone is 4. The van der Waals surface area contributed by atoms with E-state index in [2.05, 4.69) is 11.3 Å². The first-order chi connectivity index (χ1) is 21.4. The predicted molar refractivity (Wildman–Crippen MR) is 167 cm³/mol. The third kappa shape index (κ3) is 9.20. The molecule has 1 heterocycles. The summed E-state index contributed by atoms with van der Waals surface area (Å²) in [6.45, 7) is 2.27. The van der Waals surface area contributed by atoms with Gasteiger partial charge in [0.1, 0.15) is 6.10 Å². The highest BCUT2D eigenvalue weighted by molar-refractivity contribution is 7.89. The van der Waals surface area contributed by atoms with E-state index < -0.39 is 34.8 Å². The number of nitrogens with zero attached hydrogens (tertiary/aromatic N) is 1. The number of alkyl halides is 2. The molecule has 2 aromatic rings. The third-order valence-electron chi connectivity index (χ3n) is 7.19. The predicted octanol–water partition coefficient (Wildman–Crippen LogP) is 6.54. The maximum atomic E-state index is 13.6. The summed E-state index contributed by atoms with van der Waals surface area (Å²) in [6.07, 6.45) is 2.53. The molecule has 2 atom stereocenters. The minimum atomic E-state index is -3.97. The third-order valence-corrected chi connectivity index (χ3v) is 9.90. The molecule has 14 heteroatoms. The first-order valence-corrected chi connectivity index (χ1v) is 16.3. The van der Waals surface area contributed by atoms with Crippen LogP contribution in [-0.2, 0) is 24.3 Å². The van der Waals surface area contributed by atoms with E-state index in [0.29, 0.717) is 29.3 Å². The SMILES string of the molecule is C=C/C(Cl)=C(C[C@H](OC(=O)C1CN(S(=O)(=O)c2ccc(N)cc2)CCO1)c1ccc(OC(F)F)c(OCC2CC2)c1)\C(Cl)=C/C. The molecular weight excluding hydrogens is 653 g/mol. The molecule has 2 fully saturated rings. The van der Waals surface area contributed by atoms with Crippen LogP contribution in [0.2, 0.25) is 0 Å². The van der Waals surface area contributed by atoms with Crippen molar-refractivity contribution in [2.45, 2.75) is 49.9 Å². The maximum Gasteiger partial charge on any atom is 0.387 e. The number of ether oxygens (including phenoxy) is 4. The van der Waals surface area contributed by atoms with Crippen LogP contribution in [0.4, 0.5) is 14.5 Å². The van der Waals surface area contributed by atoms with E-state index in [1.54, 1.807) is 13.0 Å². The fraction of sp³-hybridized carbons (Fsp3) is 0.387. The fourth-order valence-electron chi connectivity index (χ4n) is 4.53. The summed E-state index contributed by atoms with van der Waals surface area (Å²) in [5.74, 6) is -0.666. The molecule has 9 nitrogen and oxygen atoms in total. The zero-order valence-electron chi connectivity index (χ0n) is 24.5. The highest BCUT2D eigenvalue weighted by atomic mass is 35.5. The normalized spacial score (nSPS) is 19.1. The molecule has 2 aliphatic rings. The lowest BCUT2D eigenvalue weighted by Crippen LogP contribution is -2.49. The molecule has 0 spiro atoms. The number of benzene rings is 2. The number of hydrogen-bond donors (Lipinski definition) is 1. The molecule has 1 saturated carbocycles. The van der Waals surface area contributed by atoms with Crippen LogP contribution in [0.15, 0.2) is 81.7 Å². The average Bonchev–Trinajstić information content (AvgIpc) is 3.86. The van der Waals surface area contributed by atoms with Gasteiger partial charge in [-0.15, -0.1) is 0 Å². The molecule has 0 bridgehead atoms. The summed E-state index contributed by atoms with van der Waals surface area (Å²) >= 11 is 12.9. The van der Waals surface area contributed by atoms with Crippen molar-refractivity contribution in [3.8, 4) is 11.5 Å².